The van der Waals surface area contributed by atoms with E-state index in [4.69, 9.17) is 11.6 Å². The molecule has 0 atom stereocenters. The summed E-state index contributed by atoms with van der Waals surface area (Å²) in [7, 11) is 0. The van der Waals surface area contributed by atoms with Crippen LogP contribution in [-0.2, 0) is 12.1 Å². The van der Waals surface area contributed by atoms with Gasteiger partial charge in [-0.3, -0.25) is 4.79 Å². The third-order valence-corrected chi connectivity index (χ3v) is 2.14. The third kappa shape index (κ3) is 3.98. The molecule has 0 amide bonds. The molecule has 0 aliphatic carbocycles. The summed E-state index contributed by atoms with van der Waals surface area (Å²) >= 11 is 5.23. The molecule has 10 heteroatoms. The number of rotatable bonds is 3. The van der Waals surface area contributed by atoms with Crippen LogP contribution < -0.4 is 4.74 Å². The first kappa shape index (κ1) is 15.5. The van der Waals surface area contributed by atoms with Crippen LogP contribution in [0.3, 0.4) is 0 Å². The molecule has 0 spiro atoms. The van der Waals surface area contributed by atoms with E-state index in [1.807, 2.05) is 0 Å². The molecule has 0 aromatic carbocycles. The first-order valence-electron chi connectivity index (χ1n) is 4.46. The van der Waals surface area contributed by atoms with Gasteiger partial charge in [0.2, 0.25) is 5.88 Å². The van der Waals surface area contributed by atoms with Gasteiger partial charge < -0.3 is 4.74 Å². The van der Waals surface area contributed by atoms with E-state index in [0.717, 1.165) is 0 Å². The molecular weight excluding hydrogens is 304 g/mol. The van der Waals surface area contributed by atoms with E-state index in [0.29, 0.717) is 6.07 Å². The summed E-state index contributed by atoms with van der Waals surface area (Å²) in [4.78, 5) is 13.3. The highest BCUT2D eigenvalue weighted by molar-refractivity contribution is 6.17. The molecule has 19 heavy (non-hydrogen) atoms. The van der Waals surface area contributed by atoms with Crippen molar-refractivity contribution in [2.24, 2.45) is 0 Å². The maximum Gasteiger partial charge on any atom is 0.574 e. The molecule has 1 rings (SSSR count). The molecule has 0 unspecified atom stereocenters. The van der Waals surface area contributed by atoms with E-state index in [1.165, 1.54) is 0 Å². The second-order valence-electron chi connectivity index (χ2n) is 3.18. The number of carbonyl (C=O) groups is 1. The predicted octanol–water partition coefficient (Wildman–Crippen LogP) is 3.55. The average Bonchev–Trinajstić information content (AvgIpc) is 2.23. The number of halogens is 7. The van der Waals surface area contributed by atoms with Crippen LogP contribution in [0.15, 0.2) is 6.07 Å². The molecular formula is C9H4ClF6NO2. The van der Waals surface area contributed by atoms with Crippen molar-refractivity contribution in [3.63, 3.8) is 0 Å². The van der Waals surface area contributed by atoms with Gasteiger partial charge in [0.05, 0.1) is 0 Å². The predicted molar refractivity (Wildman–Crippen MR) is 50.9 cm³/mol. The fourth-order valence-corrected chi connectivity index (χ4v) is 1.46. The first-order valence-corrected chi connectivity index (χ1v) is 5.00. The third-order valence-electron chi connectivity index (χ3n) is 1.85. The van der Waals surface area contributed by atoms with Crippen LogP contribution in [0.2, 0.25) is 0 Å². The minimum absolute atomic E-state index is 0.0144. The Balaban J connectivity index is 3.51. The van der Waals surface area contributed by atoms with Gasteiger partial charge in [-0.25, -0.2) is 4.98 Å². The summed E-state index contributed by atoms with van der Waals surface area (Å²) < 4.78 is 77.3. The molecule has 106 valence electrons. The Morgan fingerprint density at radius 3 is 2.21 bits per heavy atom. The van der Waals surface area contributed by atoms with Crippen LogP contribution in [0.5, 0.6) is 5.88 Å². The number of aromatic nitrogens is 1. The van der Waals surface area contributed by atoms with Crippen molar-refractivity contribution in [3.05, 3.63) is 22.9 Å². The Morgan fingerprint density at radius 1 is 1.26 bits per heavy atom. The van der Waals surface area contributed by atoms with E-state index >= 15 is 0 Å². The number of alkyl halides is 7. The lowest BCUT2D eigenvalue weighted by atomic mass is 10.1. The summed E-state index contributed by atoms with van der Waals surface area (Å²) in [5, 5.41) is 0. The number of nitrogens with zero attached hydrogens (tertiary/aromatic N) is 1. The summed E-state index contributed by atoms with van der Waals surface area (Å²) in [5.74, 6) is -2.51. The fourth-order valence-electron chi connectivity index (χ4n) is 1.25. The topological polar surface area (TPSA) is 39.2 Å². The van der Waals surface area contributed by atoms with Crippen molar-refractivity contribution in [1.82, 2.24) is 4.98 Å². The maximum atomic E-state index is 12.7. The van der Waals surface area contributed by atoms with Gasteiger partial charge >= 0.3 is 12.5 Å². The highest BCUT2D eigenvalue weighted by atomic mass is 35.5. The molecule has 3 nitrogen and oxygen atoms in total. The van der Waals surface area contributed by atoms with Crippen LogP contribution in [0, 0.1) is 0 Å². The molecule has 0 aliphatic heterocycles. The first-order chi connectivity index (χ1) is 8.58. The highest BCUT2D eigenvalue weighted by Gasteiger charge is 2.42. The molecule has 0 aliphatic rings. The second kappa shape index (κ2) is 5.24. The zero-order valence-corrected chi connectivity index (χ0v) is 9.53. The summed E-state index contributed by atoms with van der Waals surface area (Å²) in [6.07, 6.45) is -10.5. The van der Waals surface area contributed by atoms with Gasteiger partial charge in [-0.05, 0) is 11.6 Å². The molecule has 0 saturated carbocycles. The largest absolute Gasteiger partial charge is 0.574 e. The SMILES string of the molecule is O=Cc1cc(CCl)c(C(F)(F)F)c(OC(F)(F)F)n1. The highest BCUT2D eigenvalue weighted by Crippen LogP contribution is 2.40. The standard InChI is InChI=1S/C9H4ClF6NO2/c10-2-4-1-5(3-18)17-7(19-9(14,15)16)6(4)8(11,12)13/h1,3H,2H2. The molecule has 0 N–H and O–H groups in total. The van der Waals surface area contributed by atoms with Crippen LogP contribution in [-0.4, -0.2) is 17.6 Å². The average molecular weight is 308 g/mol. The van der Waals surface area contributed by atoms with E-state index in [1.54, 1.807) is 0 Å². The Kier molecular flexibility index (Phi) is 4.28. The zero-order valence-electron chi connectivity index (χ0n) is 8.77. The Bertz CT molecular complexity index is 485. The van der Waals surface area contributed by atoms with Crippen molar-refractivity contribution in [2.45, 2.75) is 18.4 Å². The van der Waals surface area contributed by atoms with Gasteiger partial charge in [0.15, 0.2) is 6.29 Å². The van der Waals surface area contributed by atoms with Crippen LogP contribution in [0.4, 0.5) is 26.3 Å². The fraction of sp³-hybridized carbons (Fsp3) is 0.333. The van der Waals surface area contributed by atoms with Gasteiger partial charge in [-0.1, -0.05) is 0 Å². The lowest BCUT2D eigenvalue weighted by Crippen LogP contribution is -2.22. The Morgan fingerprint density at radius 2 is 1.84 bits per heavy atom. The van der Waals surface area contributed by atoms with E-state index in [-0.39, 0.29) is 6.29 Å². The van der Waals surface area contributed by atoms with E-state index < -0.39 is 41.1 Å². The normalized spacial score (nSPS) is 12.4. The zero-order chi connectivity index (χ0) is 14.8. The van der Waals surface area contributed by atoms with Crippen molar-refractivity contribution < 1.29 is 35.9 Å². The molecule has 0 fully saturated rings. The lowest BCUT2D eigenvalue weighted by Gasteiger charge is -2.17. The molecule has 0 radical (unpaired) electrons. The number of pyridine rings is 1. The van der Waals surface area contributed by atoms with Crippen molar-refractivity contribution in [3.8, 4) is 5.88 Å². The van der Waals surface area contributed by atoms with E-state index in [9.17, 15) is 31.1 Å². The second-order valence-corrected chi connectivity index (χ2v) is 3.45. The minimum Gasteiger partial charge on any atom is -0.387 e. The minimum atomic E-state index is -5.38. The van der Waals surface area contributed by atoms with Crippen LogP contribution in [0.1, 0.15) is 21.6 Å². The number of ether oxygens (including phenoxy) is 1. The summed E-state index contributed by atoms with van der Waals surface area (Å²) in [5.41, 5.74) is -3.14. The molecule has 0 bridgehead atoms. The molecule has 1 heterocycles. The van der Waals surface area contributed by atoms with Crippen molar-refractivity contribution in [2.75, 3.05) is 0 Å². The quantitative estimate of drug-likeness (QED) is 0.487. The molecule has 1 aromatic heterocycles. The number of aldehydes is 1. The van der Waals surface area contributed by atoms with Crippen molar-refractivity contribution in [1.29, 1.82) is 0 Å². The van der Waals surface area contributed by atoms with Gasteiger partial charge in [-0.15, -0.1) is 24.8 Å². The van der Waals surface area contributed by atoms with E-state index in [2.05, 4.69) is 9.72 Å². The maximum absolute atomic E-state index is 12.7. The lowest BCUT2D eigenvalue weighted by molar-refractivity contribution is -0.277. The van der Waals surface area contributed by atoms with Gasteiger partial charge in [0.25, 0.3) is 0 Å². The Labute approximate surface area is 107 Å². The number of hydrogen-bond acceptors (Lipinski definition) is 3. The van der Waals surface area contributed by atoms with Crippen LogP contribution >= 0.6 is 11.6 Å². The van der Waals surface area contributed by atoms with Gasteiger partial charge in [0, 0.05) is 5.88 Å². The monoisotopic (exact) mass is 307 g/mol. The Hall–Kier alpha value is -1.51. The number of carbonyl (C=O) groups excluding carboxylic acids is 1. The molecule has 1 aromatic rings. The molecule has 0 saturated heterocycles. The smallest absolute Gasteiger partial charge is 0.387 e. The van der Waals surface area contributed by atoms with Gasteiger partial charge in [0.1, 0.15) is 11.3 Å². The van der Waals surface area contributed by atoms with Crippen molar-refractivity contribution >= 4 is 17.9 Å². The van der Waals surface area contributed by atoms with Gasteiger partial charge in [-0.2, -0.15) is 13.2 Å². The number of hydrogen-bond donors (Lipinski definition) is 0. The summed E-state index contributed by atoms with van der Waals surface area (Å²) in [6, 6.07) is 0.645. The summed E-state index contributed by atoms with van der Waals surface area (Å²) in [6.45, 7) is 0. The van der Waals surface area contributed by atoms with Crippen LogP contribution in [0.25, 0.3) is 0 Å².